The minimum atomic E-state index is -0.981. The van der Waals surface area contributed by atoms with Crippen LogP contribution in [0.2, 0.25) is 0 Å². The van der Waals surface area contributed by atoms with Gasteiger partial charge in [0.25, 0.3) is 0 Å². The van der Waals surface area contributed by atoms with Gasteiger partial charge in [-0.05, 0) is 11.6 Å². The van der Waals surface area contributed by atoms with Crippen molar-refractivity contribution in [3.8, 4) is 16.9 Å². The maximum Gasteiger partial charge on any atom is 0.327 e. The van der Waals surface area contributed by atoms with Gasteiger partial charge in [0.1, 0.15) is 18.0 Å². The van der Waals surface area contributed by atoms with E-state index in [2.05, 4.69) is 6.58 Å². The molecule has 2 heterocycles. The van der Waals surface area contributed by atoms with Crippen molar-refractivity contribution < 1.29 is 29.2 Å². The van der Waals surface area contributed by atoms with Gasteiger partial charge in [0, 0.05) is 11.6 Å². The van der Waals surface area contributed by atoms with Crippen molar-refractivity contribution in [2.75, 3.05) is 26.4 Å². The summed E-state index contributed by atoms with van der Waals surface area (Å²) in [4.78, 5) is 9.25. The predicted octanol–water partition coefficient (Wildman–Crippen LogP) is 3.12. The molecule has 2 aliphatic rings. The average molecular weight is 372 g/mol. The number of hydrogen-bond donors (Lipinski definition) is 2. The van der Waals surface area contributed by atoms with Gasteiger partial charge in [-0.1, -0.05) is 55.1 Å². The van der Waals surface area contributed by atoms with Crippen LogP contribution in [0.25, 0.3) is 11.1 Å². The second-order valence-electron chi connectivity index (χ2n) is 5.87. The topological polar surface area (TPSA) is 91.8 Å². The largest absolute Gasteiger partial charge is 0.507 e. The molecule has 2 unspecified atom stereocenters. The summed E-state index contributed by atoms with van der Waals surface area (Å²) in [6.45, 7) is 6.22. The zero-order valence-corrected chi connectivity index (χ0v) is 15.0. The number of aromatic hydroxyl groups is 1. The minimum Gasteiger partial charge on any atom is -0.507 e. The summed E-state index contributed by atoms with van der Waals surface area (Å²) in [5.41, 5.74) is 1.92. The van der Waals surface area contributed by atoms with E-state index in [9.17, 15) is 9.90 Å². The maximum atomic E-state index is 9.56. The van der Waals surface area contributed by atoms with E-state index in [4.69, 9.17) is 19.3 Å². The third kappa shape index (κ3) is 9.01. The molecule has 2 fully saturated rings. The van der Waals surface area contributed by atoms with Gasteiger partial charge in [-0.15, -0.1) is 0 Å². The first-order valence-corrected chi connectivity index (χ1v) is 8.60. The molecule has 0 radical (unpaired) electrons. The fourth-order valence-corrected chi connectivity index (χ4v) is 1.99. The second kappa shape index (κ2) is 11.1. The van der Waals surface area contributed by atoms with Crippen LogP contribution in [0.1, 0.15) is 0 Å². The summed E-state index contributed by atoms with van der Waals surface area (Å²) in [6, 6.07) is 17.2. The first kappa shape index (κ1) is 20.6. The van der Waals surface area contributed by atoms with Crippen LogP contribution in [0.3, 0.4) is 0 Å². The molecule has 4 rings (SSSR count). The van der Waals surface area contributed by atoms with Crippen LogP contribution in [0.4, 0.5) is 0 Å². The van der Waals surface area contributed by atoms with Gasteiger partial charge in [0.05, 0.1) is 26.4 Å². The lowest BCUT2D eigenvalue weighted by molar-refractivity contribution is -0.131. The van der Waals surface area contributed by atoms with E-state index in [0.29, 0.717) is 18.0 Å². The zero-order valence-electron chi connectivity index (χ0n) is 15.0. The Morgan fingerprint density at radius 3 is 1.96 bits per heavy atom. The van der Waals surface area contributed by atoms with E-state index in [-0.39, 0.29) is 0 Å². The molecular weight excluding hydrogens is 348 g/mol. The number of carbonyl (C=O) groups is 1. The molecule has 2 atom stereocenters. The number of phenolic OH excluding ortho intramolecular Hbond substituents is 1. The van der Waals surface area contributed by atoms with E-state index in [1.807, 2.05) is 48.5 Å². The van der Waals surface area contributed by atoms with Gasteiger partial charge in [-0.25, -0.2) is 4.79 Å². The second-order valence-corrected chi connectivity index (χ2v) is 5.87. The highest BCUT2D eigenvalue weighted by atomic mass is 16.6. The van der Waals surface area contributed by atoms with E-state index in [0.717, 1.165) is 43.6 Å². The first-order chi connectivity index (χ1) is 13.1. The fourth-order valence-electron chi connectivity index (χ4n) is 1.99. The van der Waals surface area contributed by atoms with Gasteiger partial charge < -0.3 is 24.4 Å². The van der Waals surface area contributed by atoms with E-state index in [1.165, 1.54) is 0 Å². The Bertz CT molecular complexity index is 696. The zero-order chi connectivity index (χ0) is 19.5. The van der Waals surface area contributed by atoms with Gasteiger partial charge >= 0.3 is 5.97 Å². The van der Waals surface area contributed by atoms with Crippen LogP contribution in [0, 0.1) is 0 Å². The highest BCUT2D eigenvalue weighted by Crippen LogP contribution is 2.27. The molecule has 2 N–H and O–H groups in total. The number of hydrogen-bond acceptors (Lipinski definition) is 5. The van der Waals surface area contributed by atoms with Crippen LogP contribution in [0.5, 0.6) is 5.75 Å². The Hall–Kier alpha value is -2.67. The molecule has 6 nitrogen and oxygen atoms in total. The summed E-state index contributed by atoms with van der Waals surface area (Å²) < 4.78 is 15.1. The molecule has 2 aliphatic heterocycles. The number of benzene rings is 2. The molecule has 0 bridgehead atoms. The third-order valence-corrected chi connectivity index (χ3v) is 3.58. The van der Waals surface area contributed by atoms with Gasteiger partial charge in [0.2, 0.25) is 0 Å². The number of carboxylic acid groups (broad SMARTS) is 1. The van der Waals surface area contributed by atoms with Crippen molar-refractivity contribution in [2.24, 2.45) is 0 Å². The molecule has 144 valence electrons. The standard InChI is InChI=1S/C12H10O.C6H10O3.C3H4O2/c13-12-9-5-4-8-11(12)10-6-2-1-3-7-10;1(5-3-8-5)7-2-6-4-9-6;1-2-3(4)5/h1-9,13H;5-6H,1-4H2;2H,1H2,(H,4,5). The van der Waals surface area contributed by atoms with Crippen LogP contribution in [0.15, 0.2) is 67.3 Å². The summed E-state index contributed by atoms with van der Waals surface area (Å²) in [6.07, 6.45) is 1.62. The summed E-state index contributed by atoms with van der Waals surface area (Å²) in [5, 5.41) is 17.2. The van der Waals surface area contributed by atoms with Crippen molar-refractivity contribution in [1.29, 1.82) is 0 Å². The van der Waals surface area contributed by atoms with Crippen molar-refractivity contribution in [3.63, 3.8) is 0 Å². The lowest BCUT2D eigenvalue weighted by Gasteiger charge is -2.02. The fraction of sp³-hybridized carbons (Fsp3) is 0.286. The Kier molecular flexibility index (Phi) is 8.51. The van der Waals surface area contributed by atoms with E-state index < -0.39 is 5.97 Å². The van der Waals surface area contributed by atoms with Crippen molar-refractivity contribution in [2.45, 2.75) is 12.2 Å². The van der Waals surface area contributed by atoms with Gasteiger partial charge in [-0.2, -0.15) is 0 Å². The van der Waals surface area contributed by atoms with E-state index >= 15 is 0 Å². The molecule has 2 aromatic rings. The normalized spacial score (nSPS) is 18.8. The molecule has 0 spiro atoms. The number of epoxide rings is 2. The van der Waals surface area contributed by atoms with Gasteiger partial charge in [-0.3, -0.25) is 0 Å². The van der Waals surface area contributed by atoms with Crippen molar-refractivity contribution >= 4 is 5.97 Å². The number of phenols is 1. The highest BCUT2D eigenvalue weighted by Gasteiger charge is 2.26. The molecule has 2 saturated heterocycles. The van der Waals surface area contributed by atoms with Crippen LogP contribution < -0.4 is 0 Å². The number of rotatable bonds is 6. The highest BCUT2D eigenvalue weighted by molar-refractivity contribution is 5.78. The van der Waals surface area contributed by atoms with Crippen molar-refractivity contribution in [3.05, 3.63) is 67.3 Å². The Balaban J connectivity index is 0.000000162. The van der Waals surface area contributed by atoms with Gasteiger partial charge in [0.15, 0.2) is 0 Å². The predicted molar refractivity (Wildman–Crippen MR) is 102 cm³/mol. The molecule has 27 heavy (non-hydrogen) atoms. The summed E-state index contributed by atoms with van der Waals surface area (Å²) in [5.74, 6) is -0.654. The van der Waals surface area contributed by atoms with Crippen LogP contribution >= 0.6 is 0 Å². The molecule has 0 aromatic heterocycles. The molecule has 0 saturated carbocycles. The lowest BCUT2D eigenvalue weighted by atomic mass is 10.1. The minimum absolute atomic E-state index is 0.328. The summed E-state index contributed by atoms with van der Waals surface area (Å²) >= 11 is 0. The molecular formula is C21H24O6. The molecule has 2 aromatic carbocycles. The number of para-hydroxylation sites is 1. The van der Waals surface area contributed by atoms with E-state index in [1.54, 1.807) is 6.07 Å². The quantitative estimate of drug-likeness (QED) is 0.598. The molecule has 0 aliphatic carbocycles. The third-order valence-electron chi connectivity index (χ3n) is 3.58. The molecule has 0 amide bonds. The Morgan fingerprint density at radius 1 is 1.04 bits per heavy atom. The number of ether oxygens (including phenoxy) is 3. The SMILES string of the molecule is C(OCC1CO1)C1CO1.C=CC(=O)O.Oc1ccccc1-c1ccccc1. The lowest BCUT2D eigenvalue weighted by Crippen LogP contribution is -2.06. The van der Waals surface area contributed by atoms with Crippen molar-refractivity contribution in [1.82, 2.24) is 0 Å². The Morgan fingerprint density at radius 2 is 1.52 bits per heavy atom. The van der Waals surface area contributed by atoms with Crippen LogP contribution in [-0.2, 0) is 19.0 Å². The average Bonchev–Trinajstić information content (AvgIpc) is 3.60. The first-order valence-electron chi connectivity index (χ1n) is 8.60. The van der Waals surface area contributed by atoms with Crippen LogP contribution in [-0.4, -0.2) is 54.8 Å². The molecule has 6 heteroatoms. The summed E-state index contributed by atoms with van der Waals surface area (Å²) in [7, 11) is 0. The monoisotopic (exact) mass is 372 g/mol. The number of carboxylic acids is 1. The smallest absolute Gasteiger partial charge is 0.327 e. The Labute approximate surface area is 158 Å². The number of aliphatic carboxylic acids is 1. The maximum absolute atomic E-state index is 9.56.